The van der Waals surface area contributed by atoms with Gasteiger partial charge in [0.05, 0.1) is 6.10 Å². The van der Waals surface area contributed by atoms with E-state index in [1.807, 2.05) is 35.2 Å². The van der Waals surface area contributed by atoms with Crippen molar-refractivity contribution in [2.75, 3.05) is 13.2 Å². The highest BCUT2D eigenvalue weighted by molar-refractivity contribution is 5.18. The number of benzene rings is 1. The summed E-state index contributed by atoms with van der Waals surface area (Å²) in [5.74, 6) is -0.377. The minimum Gasteiger partial charge on any atom is -0.396 e. The predicted molar refractivity (Wildman–Crippen MR) is 72.8 cm³/mol. The maximum absolute atomic E-state index is 10.7. The molecule has 0 amide bonds. The van der Waals surface area contributed by atoms with Crippen LogP contribution in [0.3, 0.4) is 0 Å². The van der Waals surface area contributed by atoms with Gasteiger partial charge >= 0.3 is 0 Å². The number of aliphatic hydroxyl groups is 4. The van der Waals surface area contributed by atoms with Crippen LogP contribution in [-0.4, -0.2) is 62.3 Å². The molecule has 3 aliphatic rings. The first-order valence-electron chi connectivity index (χ1n) is 7.03. The third kappa shape index (κ3) is 2.06. The average Bonchev–Trinajstić information content (AvgIpc) is 2.45. The van der Waals surface area contributed by atoms with Gasteiger partial charge in [-0.1, -0.05) is 30.3 Å². The SMILES string of the molecule is OC[C@@H]1C[C@@H]2[C@@H](O)[C@@H](O)[C@@]1(O)CN2Cc1ccccc1. The molecular formula is C15H21NO4. The first kappa shape index (κ1) is 14.0. The Morgan fingerprint density at radius 3 is 2.55 bits per heavy atom. The predicted octanol–water partition coefficient (Wildman–Crippen LogP) is -0.664. The third-order valence-electron chi connectivity index (χ3n) is 4.84. The van der Waals surface area contributed by atoms with Gasteiger partial charge in [0.1, 0.15) is 11.7 Å². The van der Waals surface area contributed by atoms with Gasteiger partial charge in [0.15, 0.2) is 0 Å². The van der Waals surface area contributed by atoms with Crippen LogP contribution in [0.4, 0.5) is 0 Å². The van der Waals surface area contributed by atoms with Crippen molar-refractivity contribution in [3.8, 4) is 0 Å². The molecule has 1 saturated carbocycles. The molecule has 1 aromatic carbocycles. The minimum atomic E-state index is -1.43. The van der Waals surface area contributed by atoms with Gasteiger partial charge in [0, 0.05) is 31.7 Å². The number of rotatable bonds is 3. The minimum absolute atomic E-state index is 0.171. The van der Waals surface area contributed by atoms with E-state index in [-0.39, 0.29) is 25.1 Å². The van der Waals surface area contributed by atoms with Crippen LogP contribution >= 0.6 is 0 Å². The maximum Gasteiger partial charge on any atom is 0.112 e. The van der Waals surface area contributed by atoms with Crippen LogP contribution in [0.15, 0.2) is 30.3 Å². The topological polar surface area (TPSA) is 84.2 Å². The second-order valence-corrected chi connectivity index (χ2v) is 6.00. The van der Waals surface area contributed by atoms with Crippen LogP contribution in [-0.2, 0) is 6.54 Å². The van der Waals surface area contributed by atoms with E-state index in [0.717, 1.165) is 5.56 Å². The molecule has 0 unspecified atom stereocenters. The second kappa shape index (κ2) is 5.09. The van der Waals surface area contributed by atoms with Crippen LogP contribution in [0, 0.1) is 5.92 Å². The van der Waals surface area contributed by atoms with Crippen LogP contribution in [0.5, 0.6) is 0 Å². The quantitative estimate of drug-likeness (QED) is 0.590. The maximum atomic E-state index is 10.7. The molecule has 2 bridgehead atoms. The van der Waals surface area contributed by atoms with E-state index >= 15 is 0 Å². The van der Waals surface area contributed by atoms with Crippen LogP contribution in [0.2, 0.25) is 0 Å². The van der Waals surface area contributed by atoms with Crippen molar-refractivity contribution in [2.45, 2.75) is 36.8 Å². The van der Waals surface area contributed by atoms with E-state index in [1.54, 1.807) is 0 Å². The number of fused-ring (bicyclic) bond motifs is 3. The Hall–Kier alpha value is -0.980. The monoisotopic (exact) mass is 279 g/mol. The largest absolute Gasteiger partial charge is 0.396 e. The van der Waals surface area contributed by atoms with E-state index < -0.39 is 17.8 Å². The van der Waals surface area contributed by atoms with Crippen molar-refractivity contribution < 1.29 is 20.4 Å². The van der Waals surface area contributed by atoms with E-state index in [0.29, 0.717) is 13.0 Å². The van der Waals surface area contributed by atoms with Crippen molar-refractivity contribution in [1.29, 1.82) is 0 Å². The van der Waals surface area contributed by atoms with Crippen LogP contribution in [0.1, 0.15) is 12.0 Å². The summed E-state index contributed by atoms with van der Waals surface area (Å²) in [6.07, 6.45) is -1.66. The molecule has 2 saturated heterocycles. The Labute approximate surface area is 118 Å². The lowest BCUT2D eigenvalue weighted by molar-refractivity contribution is -0.255. The van der Waals surface area contributed by atoms with Gasteiger partial charge in [-0.2, -0.15) is 0 Å². The lowest BCUT2D eigenvalue weighted by Crippen LogP contribution is -2.75. The summed E-state index contributed by atoms with van der Waals surface area (Å²) in [6.45, 7) is 0.724. The molecule has 3 fully saturated rings. The molecule has 1 aliphatic carbocycles. The van der Waals surface area contributed by atoms with Gasteiger partial charge in [0.25, 0.3) is 0 Å². The smallest absolute Gasteiger partial charge is 0.112 e. The van der Waals surface area contributed by atoms with Crippen LogP contribution in [0.25, 0.3) is 0 Å². The zero-order valence-corrected chi connectivity index (χ0v) is 11.3. The van der Waals surface area contributed by atoms with Gasteiger partial charge < -0.3 is 20.4 Å². The molecule has 1 aromatic rings. The Kier molecular flexibility index (Phi) is 3.56. The molecule has 110 valence electrons. The molecule has 2 heterocycles. The molecule has 4 N–H and O–H groups in total. The fraction of sp³-hybridized carbons (Fsp3) is 0.600. The Morgan fingerprint density at radius 2 is 1.90 bits per heavy atom. The standard InChI is InChI=1S/C15H21NO4/c17-8-11-6-12-13(18)14(19)15(11,20)9-16(12)7-10-4-2-1-3-5-10/h1-5,11-14,17-20H,6-9H2/t11-,12+,13+,14+,15+/m0/s1. The molecule has 20 heavy (non-hydrogen) atoms. The summed E-state index contributed by atoms with van der Waals surface area (Å²) in [5.41, 5.74) is -0.330. The molecule has 5 heteroatoms. The summed E-state index contributed by atoms with van der Waals surface area (Å²) in [4.78, 5) is 2.00. The lowest BCUT2D eigenvalue weighted by atomic mass is 9.65. The van der Waals surface area contributed by atoms with E-state index in [1.165, 1.54) is 0 Å². The summed E-state index contributed by atoms with van der Waals surface area (Å²) in [6, 6.07) is 9.62. The van der Waals surface area contributed by atoms with Crippen LogP contribution < -0.4 is 0 Å². The number of aliphatic hydroxyl groups excluding tert-OH is 3. The van der Waals surface area contributed by atoms with Crippen molar-refractivity contribution in [1.82, 2.24) is 4.90 Å². The van der Waals surface area contributed by atoms with Gasteiger partial charge in [0.2, 0.25) is 0 Å². The Morgan fingerprint density at radius 1 is 1.20 bits per heavy atom. The van der Waals surface area contributed by atoms with E-state index in [2.05, 4.69) is 0 Å². The van der Waals surface area contributed by atoms with E-state index in [9.17, 15) is 20.4 Å². The normalized spacial score (nSPS) is 41.0. The highest BCUT2D eigenvalue weighted by atomic mass is 16.4. The Bertz CT molecular complexity index is 464. The molecule has 5 nitrogen and oxygen atoms in total. The summed E-state index contributed by atoms with van der Waals surface area (Å²) < 4.78 is 0. The second-order valence-electron chi connectivity index (χ2n) is 6.00. The van der Waals surface area contributed by atoms with Crippen molar-refractivity contribution in [2.24, 2.45) is 5.92 Å². The molecule has 0 radical (unpaired) electrons. The molecule has 0 aromatic heterocycles. The highest BCUT2D eigenvalue weighted by Gasteiger charge is 2.59. The number of hydrogen-bond donors (Lipinski definition) is 4. The number of hydrogen-bond acceptors (Lipinski definition) is 5. The molecule has 2 aliphatic heterocycles. The third-order valence-corrected chi connectivity index (χ3v) is 4.84. The zero-order chi connectivity index (χ0) is 14.3. The summed E-state index contributed by atoms with van der Waals surface area (Å²) in [7, 11) is 0. The first-order valence-corrected chi connectivity index (χ1v) is 7.03. The number of piperidine rings is 2. The Balaban J connectivity index is 1.83. The first-order chi connectivity index (χ1) is 9.56. The molecular weight excluding hydrogens is 258 g/mol. The average molecular weight is 279 g/mol. The summed E-state index contributed by atoms with van der Waals surface area (Å²) in [5, 5.41) is 40.3. The molecule has 4 rings (SSSR count). The fourth-order valence-electron chi connectivity index (χ4n) is 3.64. The molecule has 5 atom stereocenters. The lowest BCUT2D eigenvalue weighted by Gasteiger charge is -2.58. The van der Waals surface area contributed by atoms with Gasteiger partial charge in [-0.3, -0.25) is 4.90 Å². The zero-order valence-electron chi connectivity index (χ0n) is 11.3. The highest BCUT2D eigenvalue weighted by Crippen LogP contribution is 2.43. The van der Waals surface area contributed by atoms with Crippen molar-refractivity contribution in [3.63, 3.8) is 0 Å². The van der Waals surface area contributed by atoms with Gasteiger partial charge in [-0.15, -0.1) is 0 Å². The fourth-order valence-corrected chi connectivity index (χ4v) is 3.64. The van der Waals surface area contributed by atoms with Gasteiger partial charge in [-0.25, -0.2) is 0 Å². The van der Waals surface area contributed by atoms with Crippen molar-refractivity contribution >= 4 is 0 Å². The van der Waals surface area contributed by atoms with Crippen molar-refractivity contribution in [3.05, 3.63) is 35.9 Å². The molecule has 0 spiro atoms. The van der Waals surface area contributed by atoms with Gasteiger partial charge in [-0.05, 0) is 12.0 Å². The summed E-state index contributed by atoms with van der Waals surface area (Å²) >= 11 is 0. The number of nitrogens with zero attached hydrogens (tertiary/aromatic N) is 1. The van der Waals surface area contributed by atoms with E-state index in [4.69, 9.17) is 0 Å².